The number of amides is 1. The Hall–Kier alpha value is -1.31. The molecule has 6 atom stereocenters. The molecule has 1 saturated carbocycles. The molecule has 6 nitrogen and oxygen atoms in total. The average Bonchev–Trinajstić information content (AvgIpc) is 2.58. The zero-order valence-electron chi connectivity index (χ0n) is 12.5. The van der Waals surface area contributed by atoms with E-state index in [1.807, 2.05) is 30.3 Å². The van der Waals surface area contributed by atoms with E-state index in [0.29, 0.717) is 6.42 Å². The molecule has 6 unspecified atom stereocenters. The van der Waals surface area contributed by atoms with Gasteiger partial charge in [0.05, 0.1) is 17.0 Å². The van der Waals surface area contributed by atoms with Crippen LogP contribution in [0, 0.1) is 5.92 Å². The van der Waals surface area contributed by atoms with Crippen molar-refractivity contribution in [3.63, 3.8) is 0 Å². The normalized spacial score (nSPS) is 39.7. The van der Waals surface area contributed by atoms with Gasteiger partial charge in [-0.1, -0.05) is 46.3 Å². The third kappa shape index (κ3) is 2.18. The number of alkyl halides is 2. The minimum absolute atomic E-state index is 0.0946. The smallest absolute Gasteiger partial charge is 0.413 e. The molecular formula is C16H15BrClNO5. The van der Waals surface area contributed by atoms with E-state index in [4.69, 9.17) is 21.1 Å². The number of halogens is 2. The third-order valence-corrected chi connectivity index (χ3v) is 6.74. The molecule has 1 amide bonds. The maximum absolute atomic E-state index is 12.6. The summed E-state index contributed by atoms with van der Waals surface area (Å²) in [6.07, 6.45) is -2.01. The molecule has 4 heterocycles. The van der Waals surface area contributed by atoms with Crippen molar-refractivity contribution in [3.8, 4) is 0 Å². The summed E-state index contributed by atoms with van der Waals surface area (Å²) in [5, 5.41) is 10.5. The van der Waals surface area contributed by atoms with Gasteiger partial charge in [0.25, 0.3) is 0 Å². The summed E-state index contributed by atoms with van der Waals surface area (Å²) < 4.78 is 10.7. The number of rotatable bonds is 2. The zero-order valence-corrected chi connectivity index (χ0v) is 14.8. The molecule has 4 saturated heterocycles. The Labute approximate surface area is 151 Å². The van der Waals surface area contributed by atoms with Gasteiger partial charge in [0.1, 0.15) is 6.61 Å². The fourth-order valence-corrected chi connectivity index (χ4v) is 5.04. The lowest BCUT2D eigenvalue weighted by Gasteiger charge is -2.62. The van der Waals surface area contributed by atoms with Gasteiger partial charge in [0, 0.05) is 5.92 Å². The van der Waals surface area contributed by atoms with Crippen LogP contribution < -0.4 is 0 Å². The van der Waals surface area contributed by atoms with Gasteiger partial charge in [-0.3, -0.25) is 4.90 Å². The molecule has 1 N–H and O–H groups in total. The summed E-state index contributed by atoms with van der Waals surface area (Å²) in [5.41, 5.74) is 0.842. The molecule has 5 aliphatic rings. The molecule has 6 rings (SSSR count). The number of carbonyl (C=O) groups excluding carboxylic acids is 2. The summed E-state index contributed by atoms with van der Waals surface area (Å²) in [6.45, 7) is 0.0946. The zero-order chi connectivity index (χ0) is 17.1. The number of aliphatic hydroxyl groups excluding tert-OH is 1. The van der Waals surface area contributed by atoms with Gasteiger partial charge in [0.15, 0.2) is 11.1 Å². The number of carbonyl (C=O) groups is 2. The highest BCUT2D eigenvalue weighted by Gasteiger charge is 2.72. The van der Waals surface area contributed by atoms with Crippen LogP contribution in [-0.2, 0) is 20.9 Å². The lowest BCUT2D eigenvalue weighted by atomic mass is 9.67. The Morgan fingerprint density at radius 2 is 2.17 bits per heavy atom. The van der Waals surface area contributed by atoms with Crippen LogP contribution in [-0.4, -0.2) is 50.1 Å². The lowest BCUT2D eigenvalue weighted by Crippen LogP contribution is -2.81. The van der Waals surface area contributed by atoms with Crippen molar-refractivity contribution >= 4 is 39.6 Å². The second kappa shape index (κ2) is 5.61. The van der Waals surface area contributed by atoms with E-state index in [1.165, 1.54) is 4.90 Å². The Morgan fingerprint density at radius 1 is 1.46 bits per heavy atom. The molecule has 0 spiro atoms. The van der Waals surface area contributed by atoms with Crippen LogP contribution >= 0.6 is 27.5 Å². The van der Waals surface area contributed by atoms with Crippen LogP contribution in [0.5, 0.6) is 0 Å². The summed E-state index contributed by atoms with van der Waals surface area (Å²) in [6, 6.07) is 8.38. The van der Waals surface area contributed by atoms with Gasteiger partial charge in [0.2, 0.25) is 0 Å². The van der Waals surface area contributed by atoms with E-state index in [1.54, 1.807) is 0 Å². The maximum Gasteiger partial charge on any atom is 0.413 e. The Kier molecular flexibility index (Phi) is 3.78. The molecule has 4 bridgehead atoms. The highest BCUT2D eigenvalue weighted by molar-refractivity contribution is 9.09. The Morgan fingerprint density at radius 3 is 2.88 bits per heavy atom. The van der Waals surface area contributed by atoms with E-state index in [0.717, 1.165) is 5.56 Å². The monoisotopic (exact) mass is 415 g/mol. The van der Waals surface area contributed by atoms with Crippen LogP contribution in [0.3, 0.4) is 0 Å². The number of aliphatic hydroxyl groups is 1. The number of piperidine rings is 2. The fraction of sp³-hybridized carbons (Fsp3) is 0.500. The standard InChI is InChI=1S/C16H15BrClNO5/c17-10-9-6-16(18)12(11(10)20)19(13(9)24-14(16)21)15(22)23-7-8-4-2-1-3-5-8/h1-5,9-13,20H,6-7H2. The summed E-state index contributed by atoms with van der Waals surface area (Å²) in [7, 11) is 0. The van der Waals surface area contributed by atoms with Crippen molar-refractivity contribution in [3.05, 3.63) is 35.9 Å². The third-order valence-electron chi connectivity index (χ3n) is 4.98. The molecule has 1 aromatic carbocycles. The lowest BCUT2D eigenvalue weighted by molar-refractivity contribution is -0.234. The Bertz CT molecular complexity index is 688. The van der Waals surface area contributed by atoms with Gasteiger partial charge >= 0.3 is 12.1 Å². The number of fused-ring (bicyclic) bond motifs is 2. The number of ether oxygens (including phenoxy) is 2. The van der Waals surface area contributed by atoms with Crippen molar-refractivity contribution in [1.29, 1.82) is 0 Å². The van der Waals surface area contributed by atoms with Gasteiger partial charge in [-0.05, 0) is 12.0 Å². The van der Waals surface area contributed by atoms with E-state index in [2.05, 4.69) is 15.9 Å². The van der Waals surface area contributed by atoms with E-state index >= 15 is 0 Å². The molecule has 24 heavy (non-hydrogen) atoms. The Balaban J connectivity index is 1.57. The summed E-state index contributed by atoms with van der Waals surface area (Å²) in [4.78, 5) is 24.3. The fourth-order valence-electron chi connectivity index (χ4n) is 3.85. The van der Waals surface area contributed by atoms with E-state index in [-0.39, 0.29) is 17.4 Å². The second-order valence-electron chi connectivity index (χ2n) is 6.35. The number of esters is 1. The predicted molar refractivity (Wildman–Crippen MR) is 87.5 cm³/mol. The quantitative estimate of drug-likeness (QED) is 0.590. The van der Waals surface area contributed by atoms with Gasteiger partial charge in [-0.15, -0.1) is 11.6 Å². The van der Waals surface area contributed by atoms with Crippen molar-refractivity contribution in [2.24, 2.45) is 5.92 Å². The topological polar surface area (TPSA) is 76.1 Å². The van der Waals surface area contributed by atoms with E-state index < -0.39 is 35.3 Å². The summed E-state index contributed by atoms with van der Waals surface area (Å²) >= 11 is 9.89. The SMILES string of the molecule is O=C(OCc1ccccc1)N1C2OC(=O)C3(Cl)CC2C(Br)C(O)C13. The van der Waals surface area contributed by atoms with Crippen LogP contribution in [0.2, 0.25) is 0 Å². The molecular weight excluding hydrogens is 402 g/mol. The first kappa shape index (κ1) is 16.2. The highest BCUT2D eigenvalue weighted by atomic mass is 79.9. The first-order valence-corrected chi connectivity index (χ1v) is 8.94. The minimum atomic E-state index is -1.42. The van der Waals surface area contributed by atoms with Crippen molar-refractivity contribution in [2.45, 2.75) is 41.1 Å². The molecule has 0 aromatic heterocycles. The molecule has 0 radical (unpaired) electrons. The predicted octanol–water partition coefficient (Wildman–Crippen LogP) is 2.01. The van der Waals surface area contributed by atoms with Crippen molar-refractivity contribution in [1.82, 2.24) is 4.90 Å². The number of nitrogens with zero attached hydrogens (tertiary/aromatic N) is 1. The number of benzene rings is 1. The first-order chi connectivity index (χ1) is 11.4. The van der Waals surface area contributed by atoms with Gasteiger partial charge in [-0.25, -0.2) is 9.59 Å². The van der Waals surface area contributed by atoms with Crippen LogP contribution in [0.25, 0.3) is 0 Å². The van der Waals surface area contributed by atoms with Crippen molar-refractivity contribution < 1.29 is 24.2 Å². The maximum atomic E-state index is 12.6. The molecule has 128 valence electrons. The summed E-state index contributed by atoms with van der Waals surface area (Å²) in [5.74, 6) is -0.856. The average molecular weight is 417 g/mol. The minimum Gasteiger partial charge on any atom is -0.444 e. The number of hydrogen-bond acceptors (Lipinski definition) is 5. The van der Waals surface area contributed by atoms with E-state index in [9.17, 15) is 14.7 Å². The molecule has 5 fully saturated rings. The van der Waals surface area contributed by atoms with Crippen molar-refractivity contribution in [2.75, 3.05) is 0 Å². The molecule has 1 aromatic rings. The van der Waals surface area contributed by atoms with Crippen LogP contribution in [0.4, 0.5) is 4.79 Å². The number of hydrogen-bond donors (Lipinski definition) is 1. The van der Waals surface area contributed by atoms with Gasteiger partial charge in [-0.2, -0.15) is 0 Å². The first-order valence-electron chi connectivity index (χ1n) is 7.64. The molecule has 1 aliphatic carbocycles. The molecule has 8 heteroatoms. The largest absolute Gasteiger partial charge is 0.444 e. The van der Waals surface area contributed by atoms with Crippen LogP contribution in [0.1, 0.15) is 12.0 Å². The molecule has 4 aliphatic heterocycles. The second-order valence-corrected chi connectivity index (χ2v) is 8.09. The highest BCUT2D eigenvalue weighted by Crippen LogP contribution is 2.55. The van der Waals surface area contributed by atoms with Crippen LogP contribution in [0.15, 0.2) is 30.3 Å². The van der Waals surface area contributed by atoms with Gasteiger partial charge < -0.3 is 14.6 Å².